The van der Waals surface area contributed by atoms with Gasteiger partial charge in [0.2, 0.25) is 5.28 Å². The van der Waals surface area contributed by atoms with Gasteiger partial charge in [0, 0.05) is 12.2 Å². The van der Waals surface area contributed by atoms with E-state index in [1.165, 1.54) is 0 Å². The van der Waals surface area contributed by atoms with E-state index < -0.39 is 0 Å². The van der Waals surface area contributed by atoms with Crippen molar-refractivity contribution in [2.45, 2.75) is 13.0 Å². The zero-order valence-corrected chi connectivity index (χ0v) is 12.9. The van der Waals surface area contributed by atoms with Crippen LogP contribution in [0.2, 0.25) is 5.28 Å². The minimum absolute atomic E-state index is 0.0909. The number of benzene rings is 1. The molecule has 0 spiro atoms. The molecule has 1 N–H and O–H groups in total. The van der Waals surface area contributed by atoms with Crippen LogP contribution in [0.25, 0.3) is 0 Å². The zero-order chi connectivity index (χ0) is 13.8. The van der Waals surface area contributed by atoms with E-state index in [-0.39, 0.29) is 11.3 Å². The Morgan fingerprint density at radius 2 is 2.00 bits per heavy atom. The third kappa shape index (κ3) is 3.58. The van der Waals surface area contributed by atoms with Crippen molar-refractivity contribution in [1.29, 1.82) is 0 Å². The van der Waals surface area contributed by atoms with Gasteiger partial charge < -0.3 is 10.1 Å². The fourth-order valence-corrected chi connectivity index (χ4v) is 2.07. The summed E-state index contributed by atoms with van der Waals surface area (Å²) in [4.78, 5) is 8.04. The molecule has 0 amide bonds. The van der Waals surface area contributed by atoms with Crippen LogP contribution in [0.4, 0.5) is 5.82 Å². The maximum absolute atomic E-state index is 5.79. The lowest BCUT2D eigenvalue weighted by atomic mass is 10.1. The van der Waals surface area contributed by atoms with E-state index >= 15 is 0 Å². The number of nitrogens with one attached hydrogen (secondary N) is 1. The highest BCUT2D eigenvalue weighted by molar-refractivity contribution is 9.10. The molecule has 2 rings (SSSR count). The monoisotopic (exact) mass is 341 g/mol. The number of halogens is 2. The lowest BCUT2D eigenvalue weighted by Gasteiger charge is -2.16. The van der Waals surface area contributed by atoms with Crippen LogP contribution in [-0.2, 0) is 0 Å². The van der Waals surface area contributed by atoms with Crippen molar-refractivity contribution >= 4 is 33.3 Å². The number of methoxy groups -OCH3 is 1. The SMILES string of the molecule is COc1ccc(C(C)Nc2nc(Cl)ncc2Br)cc1. The average Bonchev–Trinajstić information content (AvgIpc) is 2.43. The lowest BCUT2D eigenvalue weighted by molar-refractivity contribution is 0.414. The third-order valence-corrected chi connectivity index (χ3v) is 3.45. The first-order valence-electron chi connectivity index (χ1n) is 5.68. The second kappa shape index (κ2) is 6.21. The molecule has 1 heterocycles. The van der Waals surface area contributed by atoms with Crippen molar-refractivity contribution in [1.82, 2.24) is 9.97 Å². The molecule has 0 saturated heterocycles. The minimum atomic E-state index is 0.0909. The highest BCUT2D eigenvalue weighted by Gasteiger charge is 2.10. The molecule has 0 aliphatic rings. The normalized spacial score (nSPS) is 12.0. The van der Waals surface area contributed by atoms with E-state index in [1.54, 1.807) is 13.3 Å². The van der Waals surface area contributed by atoms with E-state index in [2.05, 4.69) is 31.2 Å². The first-order chi connectivity index (χ1) is 9.10. The van der Waals surface area contributed by atoms with E-state index in [4.69, 9.17) is 16.3 Å². The Balaban J connectivity index is 2.15. The van der Waals surface area contributed by atoms with Crippen molar-refractivity contribution in [3.05, 3.63) is 45.8 Å². The Morgan fingerprint density at radius 3 is 2.63 bits per heavy atom. The van der Waals surface area contributed by atoms with Gasteiger partial charge >= 0.3 is 0 Å². The van der Waals surface area contributed by atoms with Crippen LogP contribution in [0.1, 0.15) is 18.5 Å². The first-order valence-corrected chi connectivity index (χ1v) is 6.86. The molecule has 4 nitrogen and oxygen atoms in total. The predicted molar refractivity (Wildman–Crippen MR) is 79.8 cm³/mol. The summed E-state index contributed by atoms with van der Waals surface area (Å²) in [7, 11) is 1.65. The molecule has 2 aromatic rings. The highest BCUT2D eigenvalue weighted by Crippen LogP contribution is 2.25. The molecule has 6 heteroatoms. The second-order valence-electron chi connectivity index (χ2n) is 3.97. The van der Waals surface area contributed by atoms with Gasteiger partial charge in [0.05, 0.1) is 11.6 Å². The molecular weight excluding hydrogens is 330 g/mol. The maximum atomic E-state index is 5.79. The largest absolute Gasteiger partial charge is 0.497 e. The number of rotatable bonds is 4. The fraction of sp³-hybridized carbons (Fsp3) is 0.231. The number of aromatic nitrogens is 2. The summed E-state index contributed by atoms with van der Waals surface area (Å²) in [5.74, 6) is 1.51. The maximum Gasteiger partial charge on any atom is 0.224 e. The summed E-state index contributed by atoms with van der Waals surface area (Å²) in [5.41, 5.74) is 1.13. The Bertz CT molecular complexity index is 562. The number of hydrogen-bond acceptors (Lipinski definition) is 4. The number of ether oxygens (including phenoxy) is 1. The van der Waals surface area contributed by atoms with Gasteiger partial charge in [-0.3, -0.25) is 0 Å². The summed E-state index contributed by atoms with van der Waals surface area (Å²) < 4.78 is 5.91. The fourth-order valence-electron chi connectivity index (χ4n) is 1.63. The molecule has 1 atom stereocenters. The highest BCUT2D eigenvalue weighted by atomic mass is 79.9. The van der Waals surface area contributed by atoms with Crippen LogP contribution in [0.5, 0.6) is 5.75 Å². The lowest BCUT2D eigenvalue weighted by Crippen LogP contribution is -2.08. The number of hydrogen-bond donors (Lipinski definition) is 1. The van der Waals surface area contributed by atoms with Gasteiger partial charge in [-0.25, -0.2) is 4.98 Å². The van der Waals surface area contributed by atoms with Crippen LogP contribution >= 0.6 is 27.5 Å². The second-order valence-corrected chi connectivity index (χ2v) is 5.17. The molecule has 0 saturated carbocycles. The molecule has 0 radical (unpaired) electrons. The van der Waals surface area contributed by atoms with Gasteiger partial charge in [-0.1, -0.05) is 12.1 Å². The topological polar surface area (TPSA) is 47.0 Å². The molecule has 19 heavy (non-hydrogen) atoms. The van der Waals surface area contributed by atoms with E-state index in [1.807, 2.05) is 31.2 Å². The Hall–Kier alpha value is -1.33. The molecule has 1 unspecified atom stereocenters. The Morgan fingerprint density at radius 1 is 1.32 bits per heavy atom. The van der Waals surface area contributed by atoms with Gasteiger partial charge in [0.1, 0.15) is 11.6 Å². The van der Waals surface area contributed by atoms with Crippen molar-refractivity contribution in [3.8, 4) is 5.75 Å². The van der Waals surface area contributed by atoms with E-state index in [0.29, 0.717) is 5.82 Å². The summed E-state index contributed by atoms with van der Waals surface area (Å²) in [6.07, 6.45) is 1.62. The van der Waals surface area contributed by atoms with Crippen molar-refractivity contribution in [3.63, 3.8) is 0 Å². The number of anilines is 1. The van der Waals surface area contributed by atoms with Crippen molar-refractivity contribution in [2.24, 2.45) is 0 Å². The Labute approximate surface area is 125 Å². The van der Waals surface area contributed by atoms with Crippen LogP contribution in [0.3, 0.4) is 0 Å². The van der Waals surface area contributed by atoms with Crippen LogP contribution < -0.4 is 10.1 Å². The van der Waals surface area contributed by atoms with Crippen LogP contribution in [-0.4, -0.2) is 17.1 Å². The summed E-state index contributed by atoms with van der Waals surface area (Å²) >= 11 is 9.17. The third-order valence-electron chi connectivity index (χ3n) is 2.68. The molecule has 1 aromatic heterocycles. The quantitative estimate of drug-likeness (QED) is 0.851. The standard InChI is InChI=1S/C13H13BrClN3O/c1-8(9-3-5-10(19-2)6-4-9)17-12-11(14)7-16-13(15)18-12/h3-8H,1-2H3,(H,16,17,18). The first kappa shape index (κ1) is 14.1. The minimum Gasteiger partial charge on any atom is -0.497 e. The molecule has 1 aromatic carbocycles. The van der Waals surface area contributed by atoms with E-state index in [0.717, 1.165) is 15.8 Å². The molecule has 0 bridgehead atoms. The molecule has 100 valence electrons. The van der Waals surface area contributed by atoms with Crippen LogP contribution in [0.15, 0.2) is 34.9 Å². The van der Waals surface area contributed by atoms with E-state index in [9.17, 15) is 0 Å². The van der Waals surface area contributed by atoms with Gasteiger partial charge in [-0.15, -0.1) is 0 Å². The predicted octanol–water partition coefficient (Wildman–Crippen LogP) is 4.07. The zero-order valence-electron chi connectivity index (χ0n) is 10.5. The van der Waals surface area contributed by atoms with Gasteiger partial charge in [-0.05, 0) is 52.2 Å². The van der Waals surface area contributed by atoms with Crippen LogP contribution in [0, 0.1) is 0 Å². The number of nitrogens with zero attached hydrogens (tertiary/aromatic N) is 2. The van der Waals surface area contributed by atoms with Crippen molar-refractivity contribution in [2.75, 3.05) is 12.4 Å². The molecular formula is C13H13BrClN3O. The summed E-state index contributed by atoms with van der Waals surface area (Å²) in [6.45, 7) is 2.05. The molecule has 0 aliphatic carbocycles. The van der Waals surface area contributed by atoms with Gasteiger partial charge in [0.25, 0.3) is 0 Å². The molecule has 0 fully saturated rings. The molecule has 0 aliphatic heterocycles. The van der Waals surface area contributed by atoms with Crippen molar-refractivity contribution < 1.29 is 4.74 Å². The summed E-state index contributed by atoms with van der Waals surface area (Å²) in [5, 5.41) is 3.50. The average molecular weight is 343 g/mol. The van der Waals surface area contributed by atoms with Gasteiger partial charge in [-0.2, -0.15) is 4.98 Å². The smallest absolute Gasteiger partial charge is 0.224 e. The Kier molecular flexibility index (Phi) is 4.61. The summed E-state index contributed by atoms with van der Waals surface area (Å²) in [6, 6.07) is 7.96. The van der Waals surface area contributed by atoms with Gasteiger partial charge in [0.15, 0.2) is 0 Å².